The van der Waals surface area contributed by atoms with E-state index in [2.05, 4.69) is 41.0 Å². The first-order chi connectivity index (χ1) is 16.2. The highest BCUT2D eigenvalue weighted by Crippen LogP contribution is 2.32. The largest absolute Gasteiger partial charge is 0.481 e. The van der Waals surface area contributed by atoms with E-state index in [9.17, 15) is 4.79 Å². The van der Waals surface area contributed by atoms with Gasteiger partial charge in [-0.25, -0.2) is 0 Å². The molecular weight excluding hydrogens is 410 g/mol. The number of cyclic esters (lactones) is 1. The van der Waals surface area contributed by atoms with Gasteiger partial charge in [0, 0.05) is 6.42 Å². The number of allylic oxidation sites excluding steroid dienone is 1. The van der Waals surface area contributed by atoms with Crippen molar-refractivity contribution in [1.29, 1.82) is 0 Å². The third-order valence-corrected chi connectivity index (χ3v) is 6.13. The molecule has 0 unspecified atom stereocenters. The molecule has 0 spiro atoms. The Balaban J connectivity index is 1.56. The maximum Gasteiger partial charge on any atom is 0.324 e. The number of rotatable bonds is 9. The highest BCUT2D eigenvalue weighted by molar-refractivity contribution is 5.77. The molecule has 3 atom stereocenters. The molecule has 4 nitrogen and oxygen atoms in total. The monoisotopic (exact) mass is 439 g/mol. The minimum atomic E-state index is -0.445. The number of carbonyl (C=O) groups is 1. The Morgan fingerprint density at radius 1 is 0.970 bits per heavy atom. The van der Waals surface area contributed by atoms with Crippen molar-refractivity contribution in [3.63, 3.8) is 0 Å². The second-order valence-electron chi connectivity index (χ2n) is 8.61. The van der Waals surface area contributed by atoms with Crippen LogP contribution in [-0.4, -0.2) is 42.2 Å². The zero-order chi connectivity index (χ0) is 23.0. The summed E-state index contributed by atoms with van der Waals surface area (Å²) < 4.78 is 11.5. The van der Waals surface area contributed by atoms with E-state index >= 15 is 0 Å². The SMILES string of the molecule is C#CCOc1ccc(C[C@H]2C(=O)O[C@H](Cc3ccccc3)[C@H](/C=C/C3CC3)N2CC#C)cc1. The average molecular weight is 440 g/mol. The standard InChI is InChI=1S/C29H29NO3/c1-3-18-30-26(17-14-22-10-11-22)28(21-23-8-6-5-7-9-23)33-29(31)27(30)20-24-12-15-25(16-13-24)32-19-4-2/h1-2,5-9,12-17,22,26-28H,10-11,18-21H2/b17-14+/t26-,27-,28+/m0/s1. The van der Waals surface area contributed by atoms with E-state index in [4.69, 9.17) is 22.3 Å². The van der Waals surface area contributed by atoms with Crippen LogP contribution in [0.3, 0.4) is 0 Å². The molecule has 1 aliphatic carbocycles. The molecule has 2 fully saturated rings. The maximum absolute atomic E-state index is 13.2. The van der Waals surface area contributed by atoms with Crippen LogP contribution < -0.4 is 4.74 Å². The van der Waals surface area contributed by atoms with Crippen molar-refractivity contribution in [2.24, 2.45) is 5.92 Å². The van der Waals surface area contributed by atoms with E-state index < -0.39 is 6.04 Å². The summed E-state index contributed by atoms with van der Waals surface area (Å²) in [6.45, 7) is 0.607. The maximum atomic E-state index is 13.2. The average Bonchev–Trinajstić information content (AvgIpc) is 3.66. The third-order valence-electron chi connectivity index (χ3n) is 6.13. The number of esters is 1. The van der Waals surface area contributed by atoms with Crippen LogP contribution in [0.15, 0.2) is 66.7 Å². The van der Waals surface area contributed by atoms with Gasteiger partial charge in [0.2, 0.25) is 0 Å². The molecule has 1 heterocycles. The lowest BCUT2D eigenvalue weighted by Crippen LogP contribution is -2.59. The zero-order valence-corrected chi connectivity index (χ0v) is 18.7. The number of hydrogen-bond donors (Lipinski definition) is 0. The van der Waals surface area contributed by atoms with Crippen molar-refractivity contribution in [3.8, 4) is 30.4 Å². The molecule has 0 amide bonds. The topological polar surface area (TPSA) is 38.8 Å². The lowest BCUT2D eigenvalue weighted by atomic mass is 9.93. The Morgan fingerprint density at radius 3 is 2.36 bits per heavy atom. The molecule has 2 aromatic carbocycles. The Kier molecular flexibility index (Phi) is 7.51. The lowest BCUT2D eigenvalue weighted by molar-refractivity contribution is -0.170. The molecule has 0 aromatic heterocycles. The predicted octanol–water partition coefficient (Wildman–Crippen LogP) is 4.05. The van der Waals surface area contributed by atoms with Gasteiger partial charge < -0.3 is 9.47 Å². The Labute approximate surface area is 196 Å². The van der Waals surface area contributed by atoms with E-state index in [0.29, 0.717) is 31.1 Å². The summed E-state index contributed by atoms with van der Waals surface area (Å²) in [7, 11) is 0. The minimum Gasteiger partial charge on any atom is -0.481 e. The van der Waals surface area contributed by atoms with Gasteiger partial charge in [0.1, 0.15) is 24.5 Å². The van der Waals surface area contributed by atoms with Crippen molar-refractivity contribution in [3.05, 3.63) is 77.9 Å². The molecule has 1 saturated heterocycles. The van der Waals surface area contributed by atoms with Gasteiger partial charge in [-0.2, -0.15) is 0 Å². The number of benzene rings is 2. The first-order valence-corrected chi connectivity index (χ1v) is 11.4. The summed E-state index contributed by atoms with van der Waals surface area (Å²) in [5, 5.41) is 0. The molecule has 4 rings (SSSR count). The van der Waals surface area contributed by atoms with Crippen molar-refractivity contribution < 1.29 is 14.3 Å². The molecular formula is C29H29NO3. The van der Waals surface area contributed by atoms with Crippen LogP contribution in [0, 0.1) is 30.6 Å². The van der Waals surface area contributed by atoms with Gasteiger partial charge in [0.15, 0.2) is 0 Å². The first-order valence-electron chi connectivity index (χ1n) is 11.4. The first kappa shape index (κ1) is 22.7. The van der Waals surface area contributed by atoms with E-state index in [1.807, 2.05) is 42.5 Å². The highest BCUT2D eigenvalue weighted by Gasteiger charge is 2.42. The summed E-state index contributed by atoms with van der Waals surface area (Å²) in [6, 6.07) is 17.3. The highest BCUT2D eigenvalue weighted by atomic mass is 16.5. The van der Waals surface area contributed by atoms with Crippen LogP contribution in [0.25, 0.3) is 0 Å². The zero-order valence-electron chi connectivity index (χ0n) is 18.7. The van der Waals surface area contributed by atoms with Crippen molar-refractivity contribution in [2.75, 3.05) is 13.2 Å². The number of hydrogen-bond acceptors (Lipinski definition) is 4. The summed E-state index contributed by atoms with van der Waals surface area (Å²) in [5.41, 5.74) is 2.15. The van der Waals surface area contributed by atoms with Crippen molar-refractivity contribution >= 4 is 5.97 Å². The van der Waals surface area contributed by atoms with E-state index in [0.717, 1.165) is 11.1 Å². The molecule has 4 heteroatoms. The molecule has 168 valence electrons. The normalized spacial score (nSPS) is 23.0. The molecule has 1 aliphatic heterocycles. The number of carbonyl (C=O) groups excluding carboxylic acids is 1. The Bertz CT molecular complexity index is 1040. The fourth-order valence-corrected chi connectivity index (χ4v) is 4.25. The van der Waals surface area contributed by atoms with E-state index in [1.54, 1.807) is 0 Å². The second kappa shape index (κ2) is 10.9. The minimum absolute atomic E-state index is 0.0669. The number of morpholine rings is 1. The smallest absolute Gasteiger partial charge is 0.324 e. The number of nitrogens with zero attached hydrogens (tertiary/aromatic N) is 1. The van der Waals surface area contributed by atoms with Crippen LogP contribution >= 0.6 is 0 Å². The van der Waals surface area contributed by atoms with Crippen molar-refractivity contribution in [1.82, 2.24) is 4.90 Å². The summed E-state index contributed by atoms with van der Waals surface area (Å²) >= 11 is 0. The fourth-order valence-electron chi connectivity index (χ4n) is 4.25. The predicted molar refractivity (Wildman–Crippen MR) is 129 cm³/mol. The van der Waals surface area contributed by atoms with Crippen LogP contribution in [0.4, 0.5) is 0 Å². The van der Waals surface area contributed by atoms with Crippen LogP contribution in [0.1, 0.15) is 24.0 Å². The Hall–Kier alpha value is -3.47. The molecule has 0 radical (unpaired) electrons. The third kappa shape index (κ3) is 6.07. The Morgan fingerprint density at radius 2 is 1.70 bits per heavy atom. The summed E-state index contributed by atoms with van der Waals surface area (Å²) in [6.07, 6.45) is 18.8. The van der Waals surface area contributed by atoms with Gasteiger partial charge in [-0.1, -0.05) is 66.5 Å². The van der Waals surface area contributed by atoms with Crippen molar-refractivity contribution in [2.45, 2.75) is 43.9 Å². The molecule has 2 aromatic rings. The van der Waals surface area contributed by atoms with E-state index in [1.165, 1.54) is 12.8 Å². The lowest BCUT2D eigenvalue weighted by Gasteiger charge is -2.43. The molecule has 0 N–H and O–H groups in total. The molecule has 0 bridgehead atoms. The molecule has 33 heavy (non-hydrogen) atoms. The van der Waals surface area contributed by atoms with Gasteiger partial charge >= 0.3 is 5.97 Å². The van der Waals surface area contributed by atoms with Gasteiger partial charge in [-0.3, -0.25) is 9.69 Å². The fraction of sp³-hybridized carbons (Fsp3) is 0.345. The number of ether oxygens (including phenoxy) is 2. The number of terminal acetylenes is 2. The quantitative estimate of drug-likeness (QED) is 0.336. The molecule has 2 aliphatic rings. The van der Waals surface area contributed by atoms with Gasteiger partial charge in [-0.05, 0) is 48.4 Å². The summed E-state index contributed by atoms with van der Waals surface area (Å²) in [5.74, 6) is 6.33. The van der Waals surface area contributed by atoms with Crippen LogP contribution in [0.5, 0.6) is 5.75 Å². The van der Waals surface area contributed by atoms with Crippen LogP contribution in [0.2, 0.25) is 0 Å². The van der Waals surface area contributed by atoms with Gasteiger partial charge in [-0.15, -0.1) is 12.8 Å². The van der Waals surface area contributed by atoms with Gasteiger partial charge in [0.25, 0.3) is 0 Å². The van der Waals surface area contributed by atoms with Crippen LogP contribution in [-0.2, 0) is 22.4 Å². The van der Waals surface area contributed by atoms with Gasteiger partial charge in [0.05, 0.1) is 12.6 Å². The summed E-state index contributed by atoms with van der Waals surface area (Å²) in [4.78, 5) is 15.3. The molecule has 1 saturated carbocycles. The van der Waals surface area contributed by atoms with E-state index in [-0.39, 0.29) is 24.7 Å². The second-order valence-corrected chi connectivity index (χ2v) is 8.61.